The van der Waals surface area contributed by atoms with Gasteiger partial charge in [-0.15, -0.1) is 0 Å². The normalized spacial score (nSPS) is 22.1. The predicted octanol–water partition coefficient (Wildman–Crippen LogP) is 0.634. The Morgan fingerprint density at radius 2 is 1.76 bits per heavy atom. The fourth-order valence-corrected chi connectivity index (χ4v) is 3.68. The van der Waals surface area contributed by atoms with Gasteiger partial charge < -0.3 is 5.73 Å². The first-order valence-electron chi connectivity index (χ1n) is 6.43. The van der Waals surface area contributed by atoms with Crippen LogP contribution in [0.3, 0.4) is 0 Å². The predicted molar refractivity (Wildman–Crippen MR) is 69.8 cm³/mol. The summed E-state index contributed by atoms with van der Waals surface area (Å²) in [6.07, 6.45) is 2.57. The first kappa shape index (κ1) is 14.9. The van der Waals surface area contributed by atoms with Gasteiger partial charge in [-0.2, -0.15) is 17.0 Å². The van der Waals surface area contributed by atoms with Crippen molar-refractivity contribution in [2.45, 2.75) is 33.1 Å². The molecule has 0 saturated carbocycles. The van der Waals surface area contributed by atoms with Crippen LogP contribution in [0.25, 0.3) is 0 Å². The van der Waals surface area contributed by atoms with Gasteiger partial charge >= 0.3 is 0 Å². The number of nitrogens with two attached hydrogens (primary N) is 1. The summed E-state index contributed by atoms with van der Waals surface area (Å²) in [6.45, 7) is 7.26. The number of rotatable bonds is 6. The Bertz CT molecular complexity index is 317. The second kappa shape index (κ2) is 6.68. The van der Waals surface area contributed by atoms with Crippen LogP contribution in [-0.2, 0) is 10.2 Å². The van der Waals surface area contributed by atoms with Gasteiger partial charge in [-0.25, -0.2) is 0 Å². The van der Waals surface area contributed by atoms with E-state index >= 15 is 0 Å². The van der Waals surface area contributed by atoms with Crippen LogP contribution < -0.4 is 5.73 Å². The van der Waals surface area contributed by atoms with Crippen molar-refractivity contribution >= 4 is 10.2 Å². The second-order valence-corrected chi connectivity index (χ2v) is 6.91. The maximum Gasteiger partial charge on any atom is 0.281 e. The van der Waals surface area contributed by atoms with E-state index in [-0.39, 0.29) is 0 Å². The molecule has 0 atom stereocenters. The van der Waals surface area contributed by atoms with Gasteiger partial charge in [0.1, 0.15) is 0 Å². The van der Waals surface area contributed by atoms with Gasteiger partial charge in [0.05, 0.1) is 0 Å². The Hall–Kier alpha value is -0.170. The Morgan fingerprint density at radius 1 is 1.18 bits per heavy atom. The van der Waals surface area contributed by atoms with Crippen molar-refractivity contribution in [3.05, 3.63) is 0 Å². The van der Waals surface area contributed by atoms with Gasteiger partial charge in [-0.05, 0) is 31.7 Å². The minimum Gasteiger partial charge on any atom is -0.330 e. The lowest BCUT2D eigenvalue weighted by Crippen LogP contribution is -2.50. The van der Waals surface area contributed by atoms with Gasteiger partial charge in [0, 0.05) is 26.2 Å². The van der Waals surface area contributed by atoms with Crippen LogP contribution in [0.15, 0.2) is 0 Å². The van der Waals surface area contributed by atoms with Crippen LogP contribution in [0.5, 0.6) is 0 Å². The monoisotopic (exact) mass is 263 g/mol. The van der Waals surface area contributed by atoms with Gasteiger partial charge in [0.25, 0.3) is 10.2 Å². The summed E-state index contributed by atoms with van der Waals surface area (Å²) >= 11 is 0. The summed E-state index contributed by atoms with van der Waals surface area (Å²) in [6, 6.07) is 0. The first-order chi connectivity index (χ1) is 7.98. The van der Waals surface area contributed by atoms with Crippen LogP contribution in [-0.4, -0.2) is 49.8 Å². The molecule has 0 spiro atoms. The minimum atomic E-state index is -3.22. The van der Waals surface area contributed by atoms with Crippen LogP contribution in [0.1, 0.15) is 33.1 Å². The zero-order valence-corrected chi connectivity index (χ0v) is 11.7. The lowest BCUT2D eigenvalue weighted by Gasteiger charge is -2.34. The maximum absolute atomic E-state index is 12.2. The van der Waals surface area contributed by atoms with E-state index < -0.39 is 10.2 Å². The fourth-order valence-electron chi connectivity index (χ4n) is 1.94. The zero-order valence-electron chi connectivity index (χ0n) is 10.9. The van der Waals surface area contributed by atoms with Crippen LogP contribution in [0, 0.1) is 5.92 Å². The molecule has 1 heterocycles. The van der Waals surface area contributed by atoms with Crippen molar-refractivity contribution < 1.29 is 8.42 Å². The average molecular weight is 263 g/mol. The standard InChI is InChI=1S/C11H25N3O2S/c1-11(2)5-10-14-9-4-8-13(7-3-6-12)17(14,15)16/h11H,3-10,12H2,1-2H3. The molecule has 17 heavy (non-hydrogen) atoms. The molecule has 0 radical (unpaired) electrons. The van der Waals surface area contributed by atoms with Crippen molar-refractivity contribution in [1.82, 2.24) is 8.61 Å². The molecule has 1 aliphatic rings. The summed E-state index contributed by atoms with van der Waals surface area (Å²) in [5, 5.41) is 0. The highest BCUT2D eigenvalue weighted by Crippen LogP contribution is 2.17. The van der Waals surface area contributed by atoms with Gasteiger partial charge in [0.15, 0.2) is 0 Å². The average Bonchev–Trinajstić information content (AvgIpc) is 2.25. The van der Waals surface area contributed by atoms with E-state index in [1.54, 1.807) is 8.61 Å². The number of hydrogen-bond acceptors (Lipinski definition) is 3. The molecule has 0 amide bonds. The van der Waals surface area contributed by atoms with Crippen molar-refractivity contribution in [2.75, 3.05) is 32.7 Å². The molecule has 0 aromatic rings. The van der Waals surface area contributed by atoms with Crippen molar-refractivity contribution in [1.29, 1.82) is 0 Å². The summed E-state index contributed by atoms with van der Waals surface area (Å²) in [4.78, 5) is 0. The third-order valence-corrected chi connectivity index (χ3v) is 5.07. The zero-order chi connectivity index (χ0) is 12.9. The molecule has 0 aromatic heterocycles. The Labute approximate surface area is 105 Å². The van der Waals surface area contributed by atoms with E-state index in [0.29, 0.717) is 38.6 Å². The molecule has 0 aromatic carbocycles. The van der Waals surface area contributed by atoms with Crippen LogP contribution >= 0.6 is 0 Å². The first-order valence-corrected chi connectivity index (χ1v) is 7.83. The Kier molecular flexibility index (Phi) is 5.85. The van der Waals surface area contributed by atoms with E-state index in [4.69, 9.17) is 5.73 Å². The minimum absolute atomic E-state index is 0.532. The molecule has 0 unspecified atom stereocenters. The van der Waals surface area contributed by atoms with E-state index in [1.165, 1.54) is 0 Å². The smallest absolute Gasteiger partial charge is 0.281 e. The summed E-state index contributed by atoms with van der Waals surface area (Å²) < 4.78 is 27.7. The third-order valence-electron chi connectivity index (χ3n) is 3.04. The number of nitrogens with zero attached hydrogens (tertiary/aromatic N) is 2. The lowest BCUT2D eigenvalue weighted by molar-refractivity contribution is 0.274. The summed E-state index contributed by atoms with van der Waals surface area (Å²) in [5.74, 6) is 0.532. The molecule has 6 heteroatoms. The molecule has 1 saturated heterocycles. The topological polar surface area (TPSA) is 66.6 Å². The highest BCUT2D eigenvalue weighted by atomic mass is 32.2. The van der Waals surface area contributed by atoms with Crippen LogP contribution in [0.2, 0.25) is 0 Å². The molecule has 1 fully saturated rings. The highest BCUT2D eigenvalue weighted by molar-refractivity contribution is 7.86. The van der Waals surface area contributed by atoms with E-state index in [2.05, 4.69) is 13.8 Å². The third kappa shape index (κ3) is 4.21. The SMILES string of the molecule is CC(C)CCN1CCCN(CCCN)S1(=O)=O. The molecule has 1 rings (SSSR count). The lowest BCUT2D eigenvalue weighted by atomic mass is 10.1. The summed E-state index contributed by atoms with van der Waals surface area (Å²) in [7, 11) is -3.22. The molecule has 2 N–H and O–H groups in total. The summed E-state index contributed by atoms with van der Waals surface area (Å²) in [5.41, 5.74) is 5.43. The second-order valence-electron chi connectivity index (χ2n) is 4.98. The van der Waals surface area contributed by atoms with Gasteiger partial charge in [-0.3, -0.25) is 0 Å². The van der Waals surface area contributed by atoms with E-state index in [9.17, 15) is 8.42 Å². The van der Waals surface area contributed by atoms with E-state index in [1.807, 2.05) is 0 Å². The molecule has 0 bridgehead atoms. The molecule has 102 valence electrons. The van der Waals surface area contributed by atoms with Crippen molar-refractivity contribution in [3.8, 4) is 0 Å². The Balaban J connectivity index is 2.60. The van der Waals surface area contributed by atoms with Crippen molar-refractivity contribution in [2.24, 2.45) is 11.7 Å². The Morgan fingerprint density at radius 3 is 2.29 bits per heavy atom. The molecule has 1 aliphatic heterocycles. The molecular formula is C11H25N3O2S. The maximum atomic E-state index is 12.2. The quantitative estimate of drug-likeness (QED) is 0.764. The van der Waals surface area contributed by atoms with Crippen molar-refractivity contribution in [3.63, 3.8) is 0 Å². The molecule has 5 nitrogen and oxygen atoms in total. The largest absolute Gasteiger partial charge is 0.330 e. The number of hydrogen-bond donors (Lipinski definition) is 1. The van der Waals surface area contributed by atoms with Crippen LogP contribution in [0.4, 0.5) is 0 Å². The van der Waals surface area contributed by atoms with Gasteiger partial charge in [-0.1, -0.05) is 13.8 Å². The molecule has 0 aliphatic carbocycles. The van der Waals surface area contributed by atoms with E-state index in [0.717, 1.165) is 19.3 Å². The van der Waals surface area contributed by atoms with Gasteiger partial charge in [0.2, 0.25) is 0 Å². The molecular weight excluding hydrogens is 238 g/mol. The fraction of sp³-hybridized carbons (Fsp3) is 1.00. The highest BCUT2D eigenvalue weighted by Gasteiger charge is 2.32.